The molecule has 4 heteroatoms. The van der Waals surface area contributed by atoms with E-state index in [1.807, 2.05) is 37.4 Å². The van der Waals surface area contributed by atoms with Gasteiger partial charge in [-0.05, 0) is 18.1 Å². The molecule has 19 heavy (non-hydrogen) atoms. The van der Waals surface area contributed by atoms with Gasteiger partial charge in [-0.1, -0.05) is 34.6 Å². The minimum atomic E-state index is -0.168. The van der Waals surface area contributed by atoms with Crippen LogP contribution >= 0.6 is 11.8 Å². The van der Waals surface area contributed by atoms with Gasteiger partial charge in [0.1, 0.15) is 0 Å². The Kier molecular flexibility index (Phi) is 6.37. The molecule has 0 N–H and O–H groups in total. The van der Waals surface area contributed by atoms with E-state index < -0.39 is 0 Å². The zero-order chi connectivity index (χ0) is 14.6. The lowest BCUT2D eigenvalue weighted by molar-refractivity contribution is -0.140. The van der Waals surface area contributed by atoms with Crippen LogP contribution in [-0.2, 0) is 9.59 Å². The van der Waals surface area contributed by atoms with Gasteiger partial charge in [-0.3, -0.25) is 9.59 Å². The average molecular weight is 285 g/mol. The SMILES string of the molecule is CC(C)SC[C@@H](C)C(=O)N1CCC[C@H]1C(=O)C(C)C. The molecule has 1 fully saturated rings. The van der Waals surface area contributed by atoms with Gasteiger partial charge in [-0.2, -0.15) is 11.8 Å². The van der Waals surface area contributed by atoms with Crippen molar-refractivity contribution in [2.75, 3.05) is 12.3 Å². The number of ketones is 1. The molecule has 0 aliphatic carbocycles. The van der Waals surface area contributed by atoms with Gasteiger partial charge in [0.05, 0.1) is 6.04 Å². The Morgan fingerprint density at radius 3 is 2.37 bits per heavy atom. The summed E-state index contributed by atoms with van der Waals surface area (Å²) >= 11 is 1.81. The number of Topliss-reactive ketones (excluding diaryl/α,β-unsaturated/α-hetero) is 1. The topological polar surface area (TPSA) is 37.4 Å². The molecule has 0 spiro atoms. The summed E-state index contributed by atoms with van der Waals surface area (Å²) in [5, 5.41) is 0.543. The van der Waals surface area contributed by atoms with E-state index in [9.17, 15) is 9.59 Å². The number of likely N-dealkylation sites (tertiary alicyclic amines) is 1. The molecule has 1 aliphatic heterocycles. The van der Waals surface area contributed by atoms with E-state index in [0.717, 1.165) is 25.1 Å². The number of carbonyl (C=O) groups is 2. The van der Waals surface area contributed by atoms with E-state index >= 15 is 0 Å². The van der Waals surface area contributed by atoms with Crippen molar-refractivity contribution in [3.8, 4) is 0 Å². The number of carbonyl (C=O) groups excluding carboxylic acids is 2. The first-order chi connectivity index (χ1) is 8.84. The van der Waals surface area contributed by atoms with Crippen LogP contribution < -0.4 is 0 Å². The van der Waals surface area contributed by atoms with Gasteiger partial charge in [0, 0.05) is 24.1 Å². The maximum absolute atomic E-state index is 12.5. The van der Waals surface area contributed by atoms with Crippen LogP contribution in [0.3, 0.4) is 0 Å². The molecule has 0 aromatic carbocycles. The summed E-state index contributed by atoms with van der Waals surface area (Å²) in [6.07, 6.45) is 1.80. The number of nitrogens with zero attached hydrogens (tertiary/aromatic N) is 1. The van der Waals surface area contributed by atoms with Crippen LogP contribution in [0.25, 0.3) is 0 Å². The molecule has 1 rings (SSSR count). The third-order valence-electron chi connectivity index (χ3n) is 3.53. The van der Waals surface area contributed by atoms with Crippen LogP contribution in [0.4, 0.5) is 0 Å². The van der Waals surface area contributed by atoms with E-state index in [-0.39, 0.29) is 29.6 Å². The summed E-state index contributed by atoms with van der Waals surface area (Å²) in [6, 6.07) is -0.168. The van der Waals surface area contributed by atoms with Crippen molar-refractivity contribution in [3.05, 3.63) is 0 Å². The Morgan fingerprint density at radius 2 is 1.84 bits per heavy atom. The molecule has 110 valence electrons. The highest BCUT2D eigenvalue weighted by Crippen LogP contribution is 2.24. The zero-order valence-electron chi connectivity index (χ0n) is 12.8. The van der Waals surface area contributed by atoms with Gasteiger partial charge >= 0.3 is 0 Å². The molecular formula is C15H27NO2S. The summed E-state index contributed by atoms with van der Waals surface area (Å²) in [5.74, 6) is 1.24. The van der Waals surface area contributed by atoms with Crippen molar-refractivity contribution in [1.82, 2.24) is 4.90 Å². The fourth-order valence-corrected chi connectivity index (χ4v) is 3.22. The van der Waals surface area contributed by atoms with Crippen molar-refractivity contribution < 1.29 is 9.59 Å². The van der Waals surface area contributed by atoms with Gasteiger partial charge in [0.25, 0.3) is 0 Å². The minimum Gasteiger partial charge on any atom is -0.332 e. The third kappa shape index (κ3) is 4.51. The summed E-state index contributed by atoms with van der Waals surface area (Å²) in [6.45, 7) is 10.8. The van der Waals surface area contributed by atoms with E-state index in [0.29, 0.717) is 5.25 Å². The molecule has 1 aliphatic rings. The number of rotatable bonds is 6. The predicted octanol–water partition coefficient (Wildman–Crippen LogP) is 2.98. The number of amides is 1. The normalized spacial score (nSPS) is 21.2. The van der Waals surface area contributed by atoms with Crippen LogP contribution in [0.15, 0.2) is 0 Å². The molecular weight excluding hydrogens is 258 g/mol. The van der Waals surface area contributed by atoms with Gasteiger partial charge in [0.2, 0.25) is 5.91 Å². The second kappa shape index (κ2) is 7.32. The highest BCUT2D eigenvalue weighted by atomic mass is 32.2. The van der Waals surface area contributed by atoms with Crippen molar-refractivity contribution in [2.45, 2.75) is 58.8 Å². The average Bonchev–Trinajstić information content (AvgIpc) is 2.82. The van der Waals surface area contributed by atoms with Crippen LogP contribution in [-0.4, -0.2) is 40.2 Å². The van der Waals surface area contributed by atoms with Crippen molar-refractivity contribution in [2.24, 2.45) is 11.8 Å². The summed E-state index contributed by atoms with van der Waals surface area (Å²) < 4.78 is 0. The quantitative estimate of drug-likeness (QED) is 0.753. The first-order valence-corrected chi connectivity index (χ1v) is 8.35. The highest BCUT2D eigenvalue weighted by Gasteiger charge is 2.36. The third-order valence-corrected chi connectivity index (χ3v) is 4.89. The second-order valence-corrected chi connectivity index (χ2v) is 7.64. The van der Waals surface area contributed by atoms with E-state index in [1.165, 1.54) is 0 Å². The highest BCUT2D eigenvalue weighted by molar-refractivity contribution is 7.99. The van der Waals surface area contributed by atoms with Crippen molar-refractivity contribution in [3.63, 3.8) is 0 Å². The van der Waals surface area contributed by atoms with Crippen LogP contribution in [0, 0.1) is 11.8 Å². The number of thioether (sulfide) groups is 1. The van der Waals surface area contributed by atoms with Crippen LogP contribution in [0.2, 0.25) is 0 Å². The standard InChI is InChI=1S/C15H27NO2S/c1-10(2)14(17)13-7-6-8-16(13)15(18)12(5)9-19-11(3)4/h10-13H,6-9H2,1-5H3/t12-,13+/m1/s1. The molecule has 2 atom stereocenters. The first-order valence-electron chi connectivity index (χ1n) is 7.30. The lowest BCUT2D eigenvalue weighted by Crippen LogP contribution is -2.44. The lowest BCUT2D eigenvalue weighted by Gasteiger charge is -2.27. The molecule has 0 aromatic heterocycles. The Hall–Kier alpha value is -0.510. The molecule has 1 amide bonds. The van der Waals surface area contributed by atoms with Gasteiger partial charge in [-0.25, -0.2) is 0 Å². The largest absolute Gasteiger partial charge is 0.332 e. The minimum absolute atomic E-state index is 0.00737. The first kappa shape index (κ1) is 16.5. The molecule has 0 radical (unpaired) electrons. The molecule has 0 bridgehead atoms. The Labute approximate surface area is 121 Å². The maximum atomic E-state index is 12.5. The number of hydrogen-bond donors (Lipinski definition) is 0. The predicted molar refractivity (Wildman–Crippen MR) is 81.3 cm³/mol. The Balaban J connectivity index is 2.62. The van der Waals surface area contributed by atoms with Gasteiger partial charge in [0.15, 0.2) is 5.78 Å². The van der Waals surface area contributed by atoms with E-state index in [1.54, 1.807) is 0 Å². The Bertz CT molecular complexity index is 328. The molecule has 0 unspecified atom stereocenters. The fourth-order valence-electron chi connectivity index (χ4n) is 2.40. The summed E-state index contributed by atoms with van der Waals surface area (Å²) in [7, 11) is 0. The summed E-state index contributed by atoms with van der Waals surface area (Å²) in [4.78, 5) is 26.4. The second-order valence-electron chi connectivity index (χ2n) is 6.03. The monoisotopic (exact) mass is 285 g/mol. The number of hydrogen-bond acceptors (Lipinski definition) is 3. The van der Waals surface area contributed by atoms with E-state index in [2.05, 4.69) is 13.8 Å². The van der Waals surface area contributed by atoms with E-state index in [4.69, 9.17) is 0 Å². The molecule has 3 nitrogen and oxygen atoms in total. The van der Waals surface area contributed by atoms with Crippen LogP contribution in [0.5, 0.6) is 0 Å². The summed E-state index contributed by atoms with van der Waals surface area (Å²) in [5.41, 5.74) is 0. The molecule has 0 saturated carbocycles. The Morgan fingerprint density at radius 1 is 1.21 bits per heavy atom. The maximum Gasteiger partial charge on any atom is 0.226 e. The smallest absolute Gasteiger partial charge is 0.226 e. The van der Waals surface area contributed by atoms with Gasteiger partial charge < -0.3 is 4.90 Å². The fraction of sp³-hybridized carbons (Fsp3) is 0.867. The lowest BCUT2D eigenvalue weighted by atomic mass is 9.99. The van der Waals surface area contributed by atoms with Crippen LogP contribution in [0.1, 0.15) is 47.5 Å². The van der Waals surface area contributed by atoms with Gasteiger partial charge in [-0.15, -0.1) is 0 Å². The van der Waals surface area contributed by atoms with Crippen molar-refractivity contribution >= 4 is 23.5 Å². The molecule has 1 heterocycles. The molecule has 1 saturated heterocycles. The van der Waals surface area contributed by atoms with Crippen molar-refractivity contribution in [1.29, 1.82) is 0 Å². The molecule has 0 aromatic rings. The zero-order valence-corrected chi connectivity index (χ0v) is 13.6.